The average Bonchev–Trinajstić information content (AvgIpc) is 3.16. The SMILES string of the molecule is Cc1ncsc1COC(=O)c1cccc(-n2cnnn2)c1. The van der Waals surface area contributed by atoms with E-state index in [1.165, 1.54) is 22.3 Å². The molecule has 0 saturated carbocycles. The Hall–Kier alpha value is -2.61. The summed E-state index contributed by atoms with van der Waals surface area (Å²) in [5.41, 5.74) is 3.76. The molecule has 0 aliphatic rings. The maximum absolute atomic E-state index is 12.1. The van der Waals surface area contributed by atoms with Crippen LogP contribution in [0, 0.1) is 6.92 Å². The van der Waals surface area contributed by atoms with E-state index in [-0.39, 0.29) is 6.61 Å². The summed E-state index contributed by atoms with van der Waals surface area (Å²) in [5.74, 6) is -0.391. The van der Waals surface area contributed by atoms with Crippen molar-refractivity contribution in [3.63, 3.8) is 0 Å². The van der Waals surface area contributed by atoms with Gasteiger partial charge in [-0.3, -0.25) is 0 Å². The Morgan fingerprint density at radius 2 is 2.33 bits per heavy atom. The molecule has 0 bridgehead atoms. The molecule has 0 aliphatic heterocycles. The van der Waals surface area contributed by atoms with Gasteiger partial charge in [0.25, 0.3) is 0 Å². The Balaban J connectivity index is 1.73. The number of thiazole rings is 1. The van der Waals surface area contributed by atoms with E-state index in [4.69, 9.17) is 4.74 Å². The summed E-state index contributed by atoms with van der Waals surface area (Å²) >= 11 is 1.47. The number of benzene rings is 1. The highest BCUT2D eigenvalue weighted by Gasteiger charge is 2.11. The Bertz CT molecular complexity index is 754. The summed E-state index contributed by atoms with van der Waals surface area (Å²) in [6.07, 6.45) is 1.46. The zero-order valence-corrected chi connectivity index (χ0v) is 11.9. The third kappa shape index (κ3) is 2.95. The van der Waals surface area contributed by atoms with Crippen molar-refractivity contribution in [2.75, 3.05) is 0 Å². The van der Waals surface area contributed by atoms with Crippen molar-refractivity contribution in [2.45, 2.75) is 13.5 Å². The molecule has 0 aliphatic carbocycles. The number of hydrogen-bond donors (Lipinski definition) is 0. The van der Waals surface area contributed by atoms with Gasteiger partial charge in [0.1, 0.15) is 12.9 Å². The first-order chi connectivity index (χ1) is 10.2. The number of aromatic nitrogens is 5. The van der Waals surface area contributed by atoms with Crippen LogP contribution < -0.4 is 0 Å². The second-order valence-electron chi connectivity index (χ2n) is 4.24. The molecule has 0 atom stereocenters. The molecular formula is C13H11N5O2S. The third-order valence-corrected chi connectivity index (χ3v) is 3.78. The Kier molecular flexibility index (Phi) is 3.69. The van der Waals surface area contributed by atoms with Crippen LogP contribution in [0.15, 0.2) is 36.1 Å². The van der Waals surface area contributed by atoms with Crippen LogP contribution in [-0.2, 0) is 11.3 Å². The van der Waals surface area contributed by atoms with Crippen LogP contribution in [0.2, 0.25) is 0 Å². The van der Waals surface area contributed by atoms with E-state index in [9.17, 15) is 4.79 Å². The molecule has 1 aromatic carbocycles. The first-order valence-corrected chi connectivity index (χ1v) is 7.01. The normalized spacial score (nSPS) is 10.5. The first kappa shape index (κ1) is 13.4. The Morgan fingerprint density at radius 3 is 3.05 bits per heavy atom. The number of ether oxygens (including phenoxy) is 1. The molecule has 0 unspecified atom stereocenters. The minimum atomic E-state index is -0.391. The molecular weight excluding hydrogens is 290 g/mol. The molecule has 8 heteroatoms. The maximum atomic E-state index is 12.1. The lowest BCUT2D eigenvalue weighted by atomic mass is 10.2. The highest BCUT2D eigenvalue weighted by molar-refractivity contribution is 7.09. The van der Waals surface area contributed by atoms with E-state index < -0.39 is 5.97 Å². The van der Waals surface area contributed by atoms with Crippen LogP contribution in [0.25, 0.3) is 5.69 Å². The summed E-state index contributed by atoms with van der Waals surface area (Å²) in [7, 11) is 0. The van der Waals surface area contributed by atoms with E-state index in [0.29, 0.717) is 11.3 Å². The molecule has 0 radical (unpaired) electrons. The Morgan fingerprint density at radius 1 is 1.43 bits per heavy atom. The lowest BCUT2D eigenvalue weighted by Gasteiger charge is -2.05. The molecule has 0 spiro atoms. The van der Waals surface area contributed by atoms with Crippen molar-refractivity contribution < 1.29 is 9.53 Å². The number of carbonyl (C=O) groups is 1. The monoisotopic (exact) mass is 301 g/mol. The number of nitrogens with zero attached hydrogens (tertiary/aromatic N) is 5. The van der Waals surface area contributed by atoms with Crippen molar-refractivity contribution in [2.24, 2.45) is 0 Å². The third-order valence-electron chi connectivity index (χ3n) is 2.87. The fraction of sp³-hybridized carbons (Fsp3) is 0.154. The van der Waals surface area contributed by atoms with E-state index >= 15 is 0 Å². The second-order valence-corrected chi connectivity index (χ2v) is 5.18. The van der Waals surface area contributed by atoms with Gasteiger partial charge in [0.05, 0.1) is 27.3 Å². The van der Waals surface area contributed by atoms with Gasteiger partial charge in [0, 0.05) is 0 Å². The van der Waals surface area contributed by atoms with Crippen molar-refractivity contribution in [3.05, 3.63) is 52.2 Å². The van der Waals surface area contributed by atoms with E-state index in [0.717, 1.165) is 10.6 Å². The number of aryl methyl sites for hydroxylation is 1. The molecule has 0 N–H and O–H groups in total. The predicted molar refractivity (Wildman–Crippen MR) is 75.1 cm³/mol. The van der Waals surface area contributed by atoms with Crippen molar-refractivity contribution in [1.82, 2.24) is 25.2 Å². The summed E-state index contributed by atoms with van der Waals surface area (Å²) in [5, 5.41) is 10.9. The van der Waals surface area contributed by atoms with Gasteiger partial charge in [-0.25, -0.2) is 14.5 Å². The van der Waals surface area contributed by atoms with E-state index in [2.05, 4.69) is 20.5 Å². The average molecular weight is 301 g/mol. The molecule has 2 heterocycles. The predicted octanol–water partition coefficient (Wildman–Crippen LogP) is 1.78. The molecule has 3 aromatic rings. The van der Waals surface area contributed by atoms with Gasteiger partial charge < -0.3 is 4.74 Å². The minimum absolute atomic E-state index is 0.227. The topological polar surface area (TPSA) is 82.8 Å². The molecule has 106 valence electrons. The maximum Gasteiger partial charge on any atom is 0.338 e. The molecule has 0 amide bonds. The second kappa shape index (κ2) is 5.80. The first-order valence-electron chi connectivity index (χ1n) is 6.13. The van der Waals surface area contributed by atoms with Crippen LogP contribution >= 0.6 is 11.3 Å². The van der Waals surface area contributed by atoms with Crippen molar-refractivity contribution >= 4 is 17.3 Å². The van der Waals surface area contributed by atoms with Crippen molar-refractivity contribution in [3.8, 4) is 5.69 Å². The van der Waals surface area contributed by atoms with Gasteiger partial charge in [-0.1, -0.05) is 6.07 Å². The lowest BCUT2D eigenvalue weighted by molar-refractivity contribution is 0.0476. The smallest absolute Gasteiger partial charge is 0.338 e. The van der Waals surface area contributed by atoms with E-state index in [1.54, 1.807) is 29.8 Å². The molecule has 0 saturated heterocycles. The molecule has 7 nitrogen and oxygen atoms in total. The summed E-state index contributed by atoms with van der Waals surface area (Å²) in [6, 6.07) is 6.93. The van der Waals surface area contributed by atoms with Crippen LogP contribution in [0.5, 0.6) is 0 Å². The number of carbonyl (C=O) groups excluding carboxylic acids is 1. The fourth-order valence-electron chi connectivity index (χ4n) is 1.73. The quantitative estimate of drug-likeness (QED) is 0.683. The summed E-state index contributed by atoms with van der Waals surface area (Å²) < 4.78 is 6.77. The van der Waals surface area contributed by atoms with Crippen LogP contribution in [0.3, 0.4) is 0 Å². The summed E-state index contributed by atoms with van der Waals surface area (Å²) in [6.45, 7) is 2.11. The van der Waals surface area contributed by atoms with Gasteiger partial charge in [0.15, 0.2) is 0 Å². The largest absolute Gasteiger partial charge is 0.456 e. The zero-order chi connectivity index (χ0) is 14.7. The highest BCUT2D eigenvalue weighted by atomic mass is 32.1. The Labute approximate surface area is 124 Å². The number of hydrogen-bond acceptors (Lipinski definition) is 7. The van der Waals surface area contributed by atoms with Crippen LogP contribution in [0.4, 0.5) is 0 Å². The minimum Gasteiger partial charge on any atom is -0.456 e. The lowest BCUT2D eigenvalue weighted by Crippen LogP contribution is -2.06. The van der Waals surface area contributed by atoms with Crippen LogP contribution in [-0.4, -0.2) is 31.2 Å². The molecule has 2 aromatic heterocycles. The van der Waals surface area contributed by atoms with Gasteiger partial charge in [-0.15, -0.1) is 16.4 Å². The molecule has 21 heavy (non-hydrogen) atoms. The standard InChI is InChI=1S/C13H11N5O2S/c1-9-12(21-8-14-9)6-20-13(19)10-3-2-4-11(5-10)18-7-15-16-17-18/h2-5,7-8H,6H2,1H3. The number of tetrazole rings is 1. The van der Waals surface area contributed by atoms with Crippen molar-refractivity contribution in [1.29, 1.82) is 0 Å². The van der Waals surface area contributed by atoms with E-state index in [1.807, 2.05) is 6.92 Å². The number of rotatable bonds is 4. The van der Waals surface area contributed by atoms with Gasteiger partial charge in [0.2, 0.25) is 0 Å². The zero-order valence-electron chi connectivity index (χ0n) is 11.1. The van der Waals surface area contributed by atoms with Crippen LogP contribution in [0.1, 0.15) is 20.9 Å². The van der Waals surface area contributed by atoms with Gasteiger partial charge in [-0.2, -0.15) is 0 Å². The highest BCUT2D eigenvalue weighted by Crippen LogP contribution is 2.15. The number of esters is 1. The van der Waals surface area contributed by atoms with Gasteiger partial charge in [-0.05, 0) is 35.5 Å². The molecule has 3 rings (SSSR count). The van der Waals surface area contributed by atoms with Gasteiger partial charge >= 0.3 is 5.97 Å². The fourth-order valence-corrected chi connectivity index (χ4v) is 2.42. The summed E-state index contributed by atoms with van der Waals surface area (Å²) in [4.78, 5) is 17.1. The molecule has 0 fully saturated rings.